The summed E-state index contributed by atoms with van der Waals surface area (Å²) in [4.78, 5) is 12.4. The van der Waals surface area contributed by atoms with Gasteiger partial charge < -0.3 is 4.74 Å². The highest BCUT2D eigenvalue weighted by atomic mass is 16.5. The molecule has 1 aromatic rings. The van der Waals surface area contributed by atoms with E-state index in [-0.39, 0.29) is 22.9 Å². The number of benzene rings is 1. The summed E-state index contributed by atoms with van der Waals surface area (Å²) in [6, 6.07) is 9.22. The average molecular weight is 341 g/mol. The smallest absolute Gasteiger partial charge is 0.338 e. The average Bonchev–Trinajstić information content (AvgIpc) is 2.84. The second kappa shape index (κ2) is 7.59. The Hall–Kier alpha value is -1.83. The molecule has 25 heavy (non-hydrogen) atoms. The first-order valence-corrected chi connectivity index (χ1v) is 9.31. The van der Waals surface area contributed by atoms with Crippen LogP contribution in [-0.2, 0) is 4.74 Å². The molecule has 1 aromatic carbocycles. The van der Waals surface area contributed by atoms with E-state index in [1.54, 1.807) is 12.1 Å². The molecular formula is C23H32O2. The normalized spacial score (nSPS) is 21.2. The first-order chi connectivity index (χ1) is 11.7. The molecule has 2 rings (SSSR count). The van der Waals surface area contributed by atoms with Gasteiger partial charge in [-0.1, -0.05) is 76.6 Å². The molecule has 0 heterocycles. The quantitative estimate of drug-likeness (QED) is 0.455. The zero-order valence-corrected chi connectivity index (χ0v) is 16.5. The highest BCUT2D eigenvalue weighted by Gasteiger charge is 2.35. The molecule has 0 spiro atoms. The van der Waals surface area contributed by atoms with Gasteiger partial charge >= 0.3 is 5.97 Å². The third-order valence-electron chi connectivity index (χ3n) is 5.84. The maximum Gasteiger partial charge on any atom is 0.338 e. The van der Waals surface area contributed by atoms with Crippen LogP contribution in [0.3, 0.4) is 0 Å². The van der Waals surface area contributed by atoms with Gasteiger partial charge in [-0.25, -0.2) is 4.79 Å². The van der Waals surface area contributed by atoms with Gasteiger partial charge in [0.25, 0.3) is 0 Å². The van der Waals surface area contributed by atoms with Crippen molar-refractivity contribution in [2.75, 3.05) is 0 Å². The Balaban J connectivity index is 2.08. The molecule has 0 saturated heterocycles. The van der Waals surface area contributed by atoms with Crippen LogP contribution in [0, 0.1) is 16.7 Å². The van der Waals surface area contributed by atoms with E-state index in [1.165, 1.54) is 5.57 Å². The van der Waals surface area contributed by atoms with Crippen LogP contribution in [0.15, 0.2) is 54.1 Å². The van der Waals surface area contributed by atoms with E-state index < -0.39 is 0 Å². The molecule has 0 bridgehead atoms. The Morgan fingerprint density at radius 1 is 1.32 bits per heavy atom. The SMILES string of the molecule is CCC(OC(=O)c1ccccc1)C(C)(C)/C=C/C1CC=C(C)C1(C)C. The van der Waals surface area contributed by atoms with Gasteiger partial charge in [0.05, 0.1) is 5.56 Å². The lowest BCUT2D eigenvalue weighted by Gasteiger charge is -2.32. The van der Waals surface area contributed by atoms with Gasteiger partial charge in [-0.2, -0.15) is 0 Å². The van der Waals surface area contributed by atoms with Crippen molar-refractivity contribution in [3.63, 3.8) is 0 Å². The van der Waals surface area contributed by atoms with Gasteiger partial charge in [0.2, 0.25) is 0 Å². The molecular weight excluding hydrogens is 308 g/mol. The third-order valence-corrected chi connectivity index (χ3v) is 5.84. The second-order valence-electron chi connectivity index (χ2n) is 8.30. The van der Waals surface area contributed by atoms with Gasteiger partial charge in [-0.15, -0.1) is 0 Å². The van der Waals surface area contributed by atoms with Crippen LogP contribution in [0.2, 0.25) is 0 Å². The molecule has 0 radical (unpaired) electrons. The Labute approximate surface area is 153 Å². The fourth-order valence-corrected chi connectivity index (χ4v) is 3.48. The maximum absolute atomic E-state index is 12.4. The summed E-state index contributed by atoms with van der Waals surface area (Å²) in [5.74, 6) is 0.265. The van der Waals surface area contributed by atoms with Gasteiger partial charge in [0.15, 0.2) is 0 Å². The molecule has 1 aliphatic rings. The lowest BCUT2D eigenvalue weighted by molar-refractivity contribution is 0.00309. The Bertz CT molecular complexity index is 650. The van der Waals surface area contributed by atoms with Crippen LogP contribution < -0.4 is 0 Å². The van der Waals surface area contributed by atoms with E-state index in [9.17, 15) is 4.79 Å². The van der Waals surface area contributed by atoms with E-state index >= 15 is 0 Å². The first kappa shape index (κ1) is 19.5. The number of carbonyl (C=O) groups excluding carboxylic acids is 1. The molecule has 2 unspecified atom stereocenters. The van der Waals surface area contributed by atoms with E-state index in [0.29, 0.717) is 11.5 Å². The molecule has 0 N–H and O–H groups in total. The predicted octanol–water partition coefficient (Wildman–Crippen LogP) is 6.20. The van der Waals surface area contributed by atoms with Crippen LogP contribution in [0.25, 0.3) is 0 Å². The van der Waals surface area contributed by atoms with Gasteiger partial charge in [-0.3, -0.25) is 0 Å². The summed E-state index contributed by atoms with van der Waals surface area (Å²) in [6.45, 7) is 13.2. The first-order valence-electron chi connectivity index (χ1n) is 9.31. The van der Waals surface area contributed by atoms with Crippen LogP contribution in [0.5, 0.6) is 0 Å². The molecule has 136 valence electrons. The Morgan fingerprint density at radius 2 is 1.96 bits per heavy atom. The van der Waals surface area contributed by atoms with E-state index in [4.69, 9.17) is 4.74 Å². The highest BCUT2D eigenvalue weighted by Crippen LogP contribution is 2.44. The number of ether oxygens (including phenoxy) is 1. The zero-order valence-electron chi connectivity index (χ0n) is 16.5. The summed E-state index contributed by atoms with van der Waals surface area (Å²) in [5, 5.41) is 0. The number of esters is 1. The van der Waals surface area contributed by atoms with E-state index in [0.717, 1.165) is 12.8 Å². The van der Waals surface area contributed by atoms with Crippen molar-refractivity contribution in [3.05, 3.63) is 59.7 Å². The fourth-order valence-electron chi connectivity index (χ4n) is 3.48. The predicted molar refractivity (Wildman–Crippen MR) is 105 cm³/mol. The molecule has 0 saturated carbocycles. The number of hydrogen-bond donors (Lipinski definition) is 0. The van der Waals surface area contributed by atoms with Gasteiger partial charge in [-0.05, 0) is 43.2 Å². The number of hydrogen-bond acceptors (Lipinski definition) is 2. The Morgan fingerprint density at radius 3 is 2.48 bits per heavy atom. The molecule has 0 aliphatic heterocycles. The minimum atomic E-state index is -0.243. The van der Waals surface area contributed by atoms with Crippen molar-refractivity contribution < 1.29 is 9.53 Å². The van der Waals surface area contributed by atoms with Crippen molar-refractivity contribution in [3.8, 4) is 0 Å². The van der Waals surface area contributed by atoms with Gasteiger partial charge in [0, 0.05) is 5.41 Å². The summed E-state index contributed by atoms with van der Waals surface area (Å²) >= 11 is 0. The summed E-state index contributed by atoms with van der Waals surface area (Å²) in [6.07, 6.45) is 8.65. The molecule has 2 heteroatoms. The van der Waals surface area contributed by atoms with Crippen LogP contribution in [-0.4, -0.2) is 12.1 Å². The van der Waals surface area contributed by atoms with Crippen molar-refractivity contribution in [2.24, 2.45) is 16.7 Å². The summed E-state index contributed by atoms with van der Waals surface area (Å²) in [7, 11) is 0. The summed E-state index contributed by atoms with van der Waals surface area (Å²) in [5.41, 5.74) is 2.07. The monoisotopic (exact) mass is 340 g/mol. The van der Waals surface area contributed by atoms with Crippen molar-refractivity contribution in [1.29, 1.82) is 0 Å². The largest absolute Gasteiger partial charge is 0.458 e. The molecule has 2 nitrogen and oxygen atoms in total. The topological polar surface area (TPSA) is 26.3 Å². The van der Waals surface area contributed by atoms with Crippen molar-refractivity contribution in [1.82, 2.24) is 0 Å². The van der Waals surface area contributed by atoms with Gasteiger partial charge in [0.1, 0.15) is 6.10 Å². The van der Waals surface area contributed by atoms with Crippen LogP contribution in [0.1, 0.15) is 64.7 Å². The summed E-state index contributed by atoms with van der Waals surface area (Å²) < 4.78 is 5.84. The third kappa shape index (κ3) is 4.42. The Kier molecular flexibility index (Phi) is 5.92. The molecule has 0 aromatic heterocycles. The lowest BCUT2D eigenvalue weighted by Crippen LogP contribution is -2.32. The standard InChI is InChI=1S/C23H32O2/c1-7-20(25-21(24)18-11-9-8-10-12-18)22(3,4)16-15-19-14-13-17(2)23(19,5)6/h8-13,15-16,19-20H,7,14H2,1-6H3/b16-15+. The van der Waals surface area contributed by atoms with E-state index in [2.05, 4.69) is 59.8 Å². The lowest BCUT2D eigenvalue weighted by atomic mass is 9.75. The zero-order chi connectivity index (χ0) is 18.7. The highest BCUT2D eigenvalue weighted by molar-refractivity contribution is 5.89. The number of carbonyl (C=O) groups is 1. The van der Waals surface area contributed by atoms with Crippen LogP contribution in [0.4, 0.5) is 0 Å². The second-order valence-corrected chi connectivity index (χ2v) is 8.30. The molecule has 0 fully saturated rings. The molecule has 0 amide bonds. The van der Waals surface area contributed by atoms with Crippen molar-refractivity contribution in [2.45, 2.75) is 60.5 Å². The molecule has 2 atom stereocenters. The number of rotatable bonds is 6. The maximum atomic E-state index is 12.4. The van der Waals surface area contributed by atoms with E-state index in [1.807, 2.05) is 18.2 Å². The van der Waals surface area contributed by atoms with Crippen LogP contribution >= 0.6 is 0 Å². The molecule has 1 aliphatic carbocycles. The number of allylic oxidation sites excluding steroid dienone is 3. The minimum absolute atomic E-state index is 0.143. The minimum Gasteiger partial charge on any atom is -0.458 e. The fraction of sp³-hybridized carbons (Fsp3) is 0.522. The van der Waals surface area contributed by atoms with Crippen molar-refractivity contribution >= 4 is 5.97 Å².